The third kappa shape index (κ3) is 3.01. The fraction of sp³-hybridized carbons (Fsp3) is 0.471. The molecular weight excluding hydrogens is 262 g/mol. The molecule has 4 nitrogen and oxygen atoms in total. The molecule has 0 bridgehead atoms. The van der Waals surface area contributed by atoms with Crippen LogP contribution >= 0.6 is 0 Å². The van der Waals surface area contributed by atoms with Crippen molar-refractivity contribution in [3.05, 3.63) is 53.6 Å². The highest BCUT2D eigenvalue weighted by Gasteiger charge is 2.22. The minimum absolute atomic E-state index is 0.147. The third-order valence-electron chi connectivity index (χ3n) is 4.30. The second kappa shape index (κ2) is 5.62. The molecule has 1 aliphatic heterocycles. The highest BCUT2D eigenvalue weighted by Crippen LogP contribution is 2.28. The Labute approximate surface area is 125 Å². The molecule has 2 aromatic rings. The predicted octanol–water partition coefficient (Wildman–Crippen LogP) is 2.45. The molecule has 1 unspecified atom stereocenters. The normalized spacial score (nSPS) is 21.2. The van der Waals surface area contributed by atoms with E-state index in [-0.39, 0.29) is 6.10 Å². The predicted molar refractivity (Wildman–Crippen MR) is 80.9 cm³/mol. The molecule has 4 rings (SSSR count). The average molecular weight is 283 g/mol. The zero-order chi connectivity index (χ0) is 14.1. The third-order valence-corrected chi connectivity index (χ3v) is 4.30. The second-order valence-electron chi connectivity index (χ2n) is 6.03. The molecule has 21 heavy (non-hydrogen) atoms. The second-order valence-corrected chi connectivity index (χ2v) is 6.03. The van der Waals surface area contributed by atoms with Crippen LogP contribution in [0, 0.1) is 0 Å². The number of aromatic nitrogens is 2. The number of benzene rings is 1. The molecular formula is C17H21N3O. The Morgan fingerprint density at radius 1 is 1.29 bits per heavy atom. The van der Waals surface area contributed by atoms with E-state index in [1.807, 2.05) is 6.33 Å². The van der Waals surface area contributed by atoms with Crippen LogP contribution in [-0.4, -0.2) is 22.2 Å². The van der Waals surface area contributed by atoms with Crippen molar-refractivity contribution in [2.24, 2.45) is 0 Å². The number of imidazole rings is 1. The van der Waals surface area contributed by atoms with Crippen LogP contribution in [0.4, 0.5) is 0 Å². The first kappa shape index (κ1) is 13.0. The van der Waals surface area contributed by atoms with Gasteiger partial charge < -0.3 is 14.6 Å². The molecule has 0 spiro atoms. The van der Waals surface area contributed by atoms with Gasteiger partial charge >= 0.3 is 0 Å². The molecule has 1 saturated carbocycles. The summed E-state index contributed by atoms with van der Waals surface area (Å²) >= 11 is 0. The lowest BCUT2D eigenvalue weighted by atomic mass is 9.97. The number of rotatable bonds is 5. The molecule has 1 aromatic carbocycles. The SMILES string of the molecule is c1ccc2c(c1)CCOC2Cn1cnc(CNC2CC2)c1. The summed E-state index contributed by atoms with van der Waals surface area (Å²) in [4.78, 5) is 4.48. The number of hydrogen-bond acceptors (Lipinski definition) is 3. The number of ether oxygens (including phenoxy) is 1. The van der Waals surface area contributed by atoms with E-state index in [0.29, 0.717) is 0 Å². The van der Waals surface area contributed by atoms with Gasteiger partial charge in [-0.05, 0) is 30.4 Å². The maximum absolute atomic E-state index is 5.96. The Morgan fingerprint density at radius 3 is 3.10 bits per heavy atom. The van der Waals surface area contributed by atoms with Gasteiger partial charge in [0.1, 0.15) is 6.10 Å². The van der Waals surface area contributed by atoms with Gasteiger partial charge in [0, 0.05) is 18.8 Å². The van der Waals surface area contributed by atoms with Gasteiger partial charge in [0.15, 0.2) is 0 Å². The van der Waals surface area contributed by atoms with Crippen LogP contribution in [0.2, 0.25) is 0 Å². The zero-order valence-electron chi connectivity index (χ0n) is 12.2. The molecule has 1 fully saturated rings. The Balaban J connectivity index is 1.44. The van der Waals surface area contributed by atoms with Gasteiger partial charge in [-0.3, -0.25) is 0 Å². The van der Waals surface area contributed by atoms with Gasteiger partial charge in [-0.1, -0.05) is 24.3 Å². The highest BCUT2D eigenvalue weighted by molar-refractivity contribution is 5.30. The fourth-order valence-corrected chi connectivity index (χ4v) is 2.95. The summed E-state index contributed by atoms with van der Waals surface area (Å²) in [5, 5.41) is 3.50. The molecule has 1 aromatic heterocycles. The van der Waals surface area contributed by atoms with Gasteiger partial charge in [-0.15, -0.1) is 0 Å². The monoisotopic (exact) mass is 283 g/mol. The zero-order valence-corrected chi connectivity index (χ0v) is 12.2. The molecule has 0 radical (unpaired) electrons. The van der Waals surface area contributed by atoms with Crippen molar-refractivity contribution in [1.29, 1.82) is 0 Å². The molecule has 110 valence electrons. The summed E-state index contributed by atoms with van der Waals surface area (Å²) in [6.07, 6.45) is 7.85. The fourth-order valence-electron chi connectivity index (χ4n) is 2.95. The lowest BCUT2D eigenvalue weighted by Crippen LogP contribution is -2.20. The Morgan fingerprint density at radius 2 is 2.19 bits per heavy atom. The number of nitrogens with zero attached hydrogens (tertiary/aromatic N) is 2. The maximum atomic E-state index is 5.96. The minimum atomic E-state index is 0.147. The van der Waals surface area contributed by atoms with Crippen LogP contribution in [-0.2, 0) is 24.2 Å². The minimum Gasteiger partial charge on any atom is -0.371 e. The molecule has 2 heterocycles. The Kier molecular flexibility index (Phi) is 3.49. The van der Waals surface area contributed by atoms with Crippen molar-refractivity contribution < 1.29 is 4.74 Å². The molecule has 4 heteroatoms. The van der Waals surface area contributed by atoms with E-state index >= 15 is 0 Å². The molecule has 2 aliphatic rings. The Bertz CT molecular complexity index is 618. The largest absolute Gasteiger partial charge is 0.371 e. The Hall–Kier alpha value is -1.65. The number of fused-ring (bicyclic) bond motifs is 1. The smallest absolute Gasteiger partial charge is 0.101 e. The van der Waals surface area contributed by atoms with E-state index in [1.165, 1.54) is 24.0 Å². The highest BCUT2D eigenvalue weighted by atomic mass is 16.5. The van der Waals surface area contributed by atoms with Gasteiger partial charge in [-0.25, -0.2) is 4.98 Å². The molecule has 1 atom stereocenters. The van der Waals surface area contributed by atoms with Crippen molar-refractivity contribution in [3.63, 3.8) is 0 Å². The number of nitrogens with one attached hydrogen (secondary N) is 1. The van der Waals surface area contributed by atoms with Gasteiger partial charge in [0.25, 0.3) is 0 Å². The summed E-state index contributed by atoms with van der Waals surface area (Å²) in [5.41, 5.74) is 3.87. The van der Waals surface area contributed by atoms with Gasteiger partial charge in [0.05, 0.1) is 25.2 Å². The van der Waals surface area contributed by atoms with Crippen LogP contribution in [0.3, 0.4) is 0 Å². The van der Waals surface area contributed by atoms with Crippen molar-refractivity contribution >= 4 is 0 Å². The van der Waals surface area contributed by atoms with Crippen LogP contribution in [0.25, 0.3) is 0 Å². The molecule has 1 aliphatic carbocycles. The van der Waals surface area contributed by atoms with Crippen LogP contribution in [0.15, 0.2) is 36.8 Å². The summed E-state index contributed by atoms with van der Waals surface area (Å²) < 4.78 is 8.11. The maximum Gasteiger partial charge on any atom is 0.101 e. The topological polar surface area (TPSA) is 39.1 Å². The first-order chi connectivity index (χ1) is 10.4. The number of hydrogen-bond donors (Lipinski definition) is 1. The quantitative estimate of drug-likeness (QED) is 0.916. The van der Waals surface area contributed by atoms with E-state index in [2.05, 4.69) is 45.3 Å². The molecule has 0 saturated heterocycles. The van der Waals surface area contributed by atoms with E-state index in [4.69, 9.17) is 4.74 Å². The standard InChI is InChI=1S/C17H21N3O/c1-2-4-16-13(3-1)7-8-21-17(16)11-20-10-15(19-12-20)9-18-14-5-6-14/h1-4,10,12,14,17-18H,5-9,11H2. The lowest BCUT2D eigenvalue weighted by Gasteiger charge is -2.26. The van der Waals surface area contributed by atoms with Crippen molar-refractivity contribution in [3.8, 4) is 0 Å². The lowest BCUT2D eigenvalue weighted by molar-refractivity contribution is 0.0306. The van der Waals surface area contributed by atoms with E-state index < -0.39 is 0 Å². The molecule has 1 N–H and O–H groups in total. The van der Waals surface area contributed by atoms with Crippen molar-refractivity contribution in [2.75, 3.05) is 6.61 Å². The van der Waals surface area contributed by atoms with Crippen molar-refractivity contribution in [2.45, 2.75) is 44.5 Å². The van der Waals surface area contributed by atoms with Gasteiger partial charge in [-0.2, -0.15) is 0 Å². The summed E-state index contributed by atoms with van der Waals surface area (Å²) in [5.74, 6) is 0. The first-order valence-electron chi connectivity index (χ1n) is 7.82. The van der Waals surface area contributed by atoms with Crippen LogP contribution in [0.1, 0.15) is 35.8 Å². The van der Waals surface area contributed by atoms with Gasteiger partial charge in [0.2, 0.25) is 0 Å². The van der Waals surface area contributed by atoms with Crippen molar-refractivity contribution in [1.82, 2.24) is 14.9 Å². The van der Waals surface area contributed by atoms with E-state index in [9.17, 15) is 0 Å². The summed E-state index contributed by atoms with van der Waals surface area (Å²) in [6, 6.07) is 9.33. The first-order valence-corrected chi connectivity index (χ1v) is 7.82. The van der Waals surface area contributed by atoms with E-state index in [1.54, 1.807) is 0 Å². The molecule has 0 amide bonds. The van der Waals surface area contributed by atoms with E-state index in [0.717, 1.165) is 37.9 Å². The summed E-state index contributed by atoms with van der Waals surface area (Å²) in [7, 11) is 0. The van der Waals surface area contributed by atoms with Crippen LogP contribution < -0.4 is 5.32 Å². The summed E-state index contributed by atoms with van der Waals surface area (Å²) in [6.45, 7) is 2.53. The van der Waals surface area contributed by atoms with Crippen LogP contribution in [0.5, 0.6) is 0 Å². The average Bonchev–Trinajstić information content (AvgIpc) is 3.25.